The molecule has 0 N–H and O–H groups in total. The van der Waals surface area contributed by atoms with Gasteiger partial charge in [0.15, 0.2) is 6.61 Å². The summed E-state index contributed by atoms with van der Waals surface area (Å²) in [5.74, 6) is -1.47. The Kier molecular flexibility index (Phi) is 6.86. The smallest absolute Gasteiger partial charge is 0.337 e. The second-order valence-corrected chi connectivity index (χ2v) is 8.44. The van der Waals surface area contributed by atoms with E-state index in [-0.39, 0.29) is 24.7 Å². The highest BCUT2D eigenvalue weighted by atomic mass is 16.5. The summed E-state index contributed by atoms with van der Waals surface area (Å²) in [5, 5.41) is 0. The largest absolute Gasteiger partial charge is 0.467 e. The van der Waals surface area contributed by atoms with E-state index < -0.39 is 24.5 Å². The molecule has 2 aromatic heterocycles. The van der Waals surface area contributed by atoms with Crippen LogP contribution in [0.4, 0.5) is 0 Å². The predicted octanol–water partition coefficient (Wildman–Crippen LogP) is 3.25. The van der Waals surface area contributed by atoms with Gasteiger partial charge in [0.1, 0.15) is 5.76 Å². The van der Waals surface area contributed by atoms with E-state index in [1.165, 1.54) is 13.4 Å². The molecule has 1 amide bonds. The monoisotopic (exact) mass is 478 g/mol. The second kappa shape index (κ2) is 10.0. The summed E-state index contributed by atoms with van der Waals surface area (Å²) in [4.78, 5) is 50.9. The molecule has 1 fully saturated rings. The normalized spacial score (nSPS) is 15.3. The van der Waals surface area contributed by atoms with Gasteiger partial charge in [-0.25, -0.2) is 4.79 Å². The predicted molar refractivity (Wildman–Crippen MR) is 124 cm³/mol. The van der Waals surface area contributed by atoms with Crippen molar-refractivity contribution >= 4 is 23.6 Å². The molecule has 0 spiro atoms. The van der Waals surface area contributed by atoms with E-state index in [0.29, 0.717) is 29.1 Å². The van der Waals surface area contributed by atoms with E-state index in [1.807, 2.05) is 11.5 Å². The zero-order chi connectivity index (χ0) is 25.1. The number of rotatable bonds is 8. The van der Waals surface area contributed by atoms with Crippen molar-refractivity contribution in [3.63, 3.8) is 0 Å². The summed E-state index contributed by atoms with van der Waals surface area (Å²) in [6, 6.07) is 12.1. The lowest BCUT2D eigenvalue weighted by Crippen LogP contribution is -2.27. The van der Waals surface area contributed by atoms with Gasteiger partial charge in [0.25, 0.3) is 0 Å². The van der Waals surface area contributed by atoms with E-state index in [9.17, 15) is 19.2 Å². The van der Waals surface area contributed by atoms with Crippen LogP contribution in [-0.2, 0) is 25.6 Å². The van der Waals surface area contributed by atoms with Gasteiger partial charge in [0.2, 0.25) is 11.7 Å². The van der Waals surface area contributed by atoms with Gasteiger partial charge in [-0.15, -0.1) is 0 Å². The van der Waals surface area contributed by atoms with E-state index >= 15 is 0 Å². The van der Waals surface area contributed by atoms with E-state index in [1.54, 1.807) is 54.3 Å². The molecule has 9 nitrogen and oxygen atoms in total. The average molecular weight is 479 g/mol. The number of ketones is 1. The molecule has 1 aromatic carbocycles. The Bertz CT molecular complexity index is 1260. The first kappa shape index (κ1) is 24.0. The van der Waals surface area contributed by atoms with Crippen molar-refractivity contribution in [2.24, 2.45) is 5.92 Å². The number of hydrogen-bond acceptors (Lipinski definition) is 7. The van der Waals surface area contributed by atoms with Crippen LogP contribution in [0.2, 0.25) is 0 Å². The first-order valence-corrected chi connectivity index (χ1v) is 11.2. The molecule has 3 heterocycles. The Morgan fingerprint density at radius 3 is 2.51 bits per heavy atom. The average Bonchev–Trinajstić information content (AvgIpc) is 3.57. The molecule has 0 saturated carbocycles. The summed E-state index contributed by atoms with van der Waals surface area (Å²) in [7, 11) is 1.32. The number of benzene rings is 1. The molecular weight excluding hydrogens is 452 g/mol. The number of nitrogens with zero attached hydrogens (tertiary/aromatic N) is 2. The highest BCUT2D eigenvalue weighted by Gasteiger charge is 2.36. The summed E-state index contributed by atoms with van der Waals surface area (Å²) in [6.07, 6.45) is 1.57. The highest BCUT2D eigenvalue weighted by Crippen LogP contribution is 2.24. The standard InChI is InChI=1S/C26H26N2O7/c1-16-11-22(17(2)28(16)20-8-6-18(7-9-20)25(31)33-3)23(29)15-35-26(32)19-12-24(30)27(13-19)14-21-5-4-10-34-21/h4-11,19H,12-15H2,1-3H3. The van der Waals surface area contributed by atoms with Gasteiger partial charge in [-0.3, -0.25) is 14.4 Å². The minimum absolute atomic E-state index is 0.0455. The minimum atomic E-state index is -0.619. The summed E-state index contributed by atoms with van der Waals surface area (Å²) >= 11 is 0. The molecule has 0 radical (unpaired) electrons. The molecule has 182 valence electrons. The number of methoxy groups -OCH3 is 1. The first-order valence-electron chi connectivity index (χ1n) is 11.2. The maximum atomic E-state index is 12.9. The molecular formula is C26H26N2O7. The Labute approximate surface area is 202 Å². The Morgan fingerprint density at radius 1 is 1.11 bits per heavy atom. The summed E-state index contributed by atoms with van der Waals surface area (Å²) in [6.45, 7) is 3.78. The van der Waals surface area contributed by atoms with Gasteiger partial charge in [0, 0.05) is 35.6 Å². The molecule has 0 aliphatic carbocycles. The fourth-order valence-corrected chi connectivity index (χ4v) is 4.31. The van der Waals surface area contributed by atoms with Crippen LogP contribution >= 0.6 is 0 Å². The number of hydrogen-bond donors (Lipinski definition) is 0. The minimum Gasteiger partial charge on any atom is -0.467 e. The first-order chi connectivity index (χ1) is 16.8. The zero-order valence-corrected chi connectivity index (χ0v) is 19.8. The second-order valence-electron chi connectivity index (χ2n) is 8.44. The fraction of sp³-hybridized carbons (Fsp3) is 0.308. The van der Waals surface area contributed by atoms with Gasteiger partial charge < -0.3 is 23.4 Å². The Hall–Kier alpha value is -4.14. The molecule has 1 saturated heterocycles. The van der Waals surface area contributed by atoms with Crippen LogP contribution in [0.5, 0.6) is 0 Å². The van der Waals surface area contributed by atoms with Crippen molar-refractivity contribution in [3.05, 3.63) is 77.0 Å². The van der Waals surface area contributed by atoms with Crippen molar-refractivity contribution in [2.45, 2.75) is 26.8 Å². The van der Waals surface area contributed by atoms with Crippen molar-refractivity contribution in [2.75, 3.05) is 20.3 Å². The molecule has 1 aliphatic rings. The fourth-order valence-electron chi connectivity index (χ4n) is 4.31. The number of carbonyl (C=O) groups is 4. The Balaban J connectivity index is 1.38. The van der Waals surface area contributed by atoms with Crippen molar-refractivity contribution in [3.8, 4) is 5.69 Å². The number of furan rings is 1. The number of ether oxygens (including phenoxy) is 2. The van der Waals surface area contributed by atoms with Crippen LogP contribution in [0.15, 0.2) is 53.1 Å². The molecule has 1 atom stereocenters. The maximum absolute atomic E-state index is 12.9. The van der Waals surface area contributed by atoms with Gasteiger partial charge in [-0.05, 0) is 56.3 Å². The third kappa shape index (κ3) is 5.03. The topological polar surface area (TPSA) is 108 Å². The third-order valence-electron chi connectivity index (χ3n) is 6.10. The number of esters is 2. The van der Waals surface area contributed by atoms with Crippen LogP contribution in [0.25, 0.3) is 5.69 Å². The van der Waals surface area contributed by atoms with Crippen molar-refractivity contribution in [1.29, 1.82) is 0 Å². The third-order valence-corrected chi connectivity index (χ3v) is 6.10. The quantitative estimate of drug-likeness (QED) is 0.361. The van der Waals surface area contributed by atoms with Crippen LogP contribution in [0, 0.1) is 19.8 Å². The van der Waals surface area contributed by atoms with Gasteiger partial charge in [-0.1, -0.05) is 0 Å². The highest BCUT2D eigenvalue weighted by molar-refractivity contribution is 5.99. The number of likely N-dealkylation sites (tertiary alicyclic amines) is 1. The number of aryl methyl sites for hydroxylation is 1. The molecule has 3 aromatic rings. The molecule has 4 rings (SSSR count). The number of Topliss-reactive ketones (excluding diaryl/α,β-unsaturated/α-hetero) is 1. The molecule has 1 aliphatic heterocycles. The number of carbonyl (C=O) groups excluding carboxylic acids is 4. The lowest BCUT2D eigenvalue weighted by atomic mass is 10.1. The molecule has 35 heavy (non-hydrogen) atoms. The molecule has 0 bridgehead atoms. The van der Waals surface area contributed by atoms with Gasteiger partial charge in [0.05, 0.1) is 31.4 Å². The van der Waals surface area contributed by atoms with Crippen LogP contribution < -0.4 is 0 Å². The lowest BCUT2D eigenvalue weighted by molar-refractivity contribution is -0.147. The van der Waals surface area contributed by atoms with Crippen LogP contribution in [-0.4, -0.2) is 53.4 Å². The number of amides is 1. The van der Waals surface area contributed by atoms with E-state index in [0.717, 1.165) is 11.4 Å². The molecule has 9 heteroatoms. The van der Waals surface area contributed by atoms with Crippen LogP contribution in [0.1, 0.15) is 44.3 Å². The SMILES string of the molecule is COC(=O)c1ccc(-n2c(C)cc(C(=O)COC(=O)C3CC(=O)N(Cc4ccco4)C3)c2C)cc1. The van der Waals surface area contributed by atoms with E-state index in [4.69, 9.17) is 13.9 Å². The summed E-state index contributed by atoms with van der Waals surface area (Å²) in [5.41, 5.74) is 3.15. The lowest BCUT2D eigenvalue weighted by Gasteiger charge is -2.14. The summed E-state index contributed by atoms with van der Waals surface area (Å²) < 4.78 is 17.2. The van der Waals surface area contributed by atoms with Crippen molar-refractivity contribution in [1.82, 2.24) is 9.47 Å². The van der Waals surface area contributed by atoms with Crippen molar-refractivity contribution < 1.29 is 33.1 Å². The Morgan fingerprint density at radius 2 is 1.86 bits per heavy atom. The van der Waals surface area contributed by atoms with E-state index in [2.05, 4.69) is 0 Å². The van der Waals surface area contributed by atoms with Crippen LogP contribution in [0.3, 0.4) is 0 Å². The zero-order valence-electron chi connectivity index (χ0n) is 19.8. The molecule has 1 unspecified atom stereocenters. The van der Waals surface area contributed by atoms with Gasteiger partial charge in [-0.2, -0.15) is 0 Å². The number of aromatic nitrogens is 1. The maximum Gasteiger partial charge on any atom is 0.337 e. The van der Waals surface area contributed by atoms with Gasteiger partial charge >= 0.3 is 11.9 Å².